The Bertz CT molecular complexity index is 1390. The van der Waals surface area contributed by atoms with Crippen LogP contribution < -0.4 is 9.64 Å². The molecule has 4 rings (SSSR count). The largest absolute Gasteiger partial charge is 0.517 e. The Balaban J connectivity index is 0.000000241. The summed E-state index contributed by atoms with van der Waals surface area (Å²) in [4.78, 5) is 12.8. The van der Waals surface area contributed by atoms with E-state index in [0.717, 1.165) is 6.42 Å². The molecule has 3 aromatic rings. The molecule has 0 unspecified atom stereocenters. The maximum atomic E-state index is 10.7. The van der Waals surface area contributed by atoms with Crippen LogP contribution in [0, 0.1) is 23.6 Å². The summed E-state index contributed by atoms with van der Waals surface area (Å²) in [5, 5.41) is 10.7. The van der Waals surface area contributed by atoms with E-state index in [1.807, 2.05) is 13.8 Å². The first-order chi connectivity index (χ1) is 19.1. The van der Waals surface area contributed by atoms with Crippen LogP contribution in [0.1, 0.15) is 83.1 Å². The zero-order valence-corrected chi connectivity index (χ0v) is 28.3. The van der Waals surface area contributed by atoms with Crippen LogP contribution in [0.25, 0.3) is 0 Å². The molecule has 1 aliphatic heterocycles. The topological polar surface area (TPSA) is 55.6 Å². The summed E-state index contributed by atoms with van der Waals surface area (Å²) >= 11 is -2.05. The van der Waals surface area contributed by atoms with E-state index in [9.17, 15) is 10.1 Å². The van der Waals surface area contributed by atoms with Gasteiger partial charge in [0.1, 0.15) is 0 Å². The van der Waals surface area contributed by atoms with Crippen LogP contribution in [-0.2, 0) is 18.9 Å². The smallest absolute Gasteiger partial charge is 0.0140 e. The molecule has 1 atom stereocenters. The van der Waals surface area contributed by atoms with Crippen LogP contribution in [0.4, 0.5) is 11.4 Å². The number of hydrogen-bond donors (Lipinski definition) is 0. The van der Waals surface area contributed by atoms with E-state index in [-0.39, 0.29) is 22.7 Å². The summed E-state index contributed by atoms with van der Waals surface area (Å²) in [6, 6.07) is 22.0. The van der Waals surface area contributed by atoms with Gasteiger partial charge >= 0.3 is 112 Å². The average molecular weight is 686 g/mol. The van der Waals surface area contributed by atoms with Gasteiger partial charge in [-0.15, -0.1) is 5.41 Å². The zero-order valence-electron chi connectivity index (χ0n) is 25.1. The molecule has 1 heterocycles. The molecule has 0 aromatic heterocycles. The van der Waals surface area contributed by atoms with E-state index in [1.165, 1.54) is 34.5 Å². The van der Waals surface area contributed by atoms with Gasteiger partial charge in [-0.3, -0.25) is 0 Å². The second kappa shape index (κ2) is 13.8. The molecule has 0 amide bonds. The summed E-state index contributed by atoms with van der Waals surface area (Å²) in [5.41, 5.74) is 6.35. The normalized spacial score (nSPS) is 18.1. The molecule has 1 aliphatic rings. The van der Waals surface area contributed by atoms with Crippen LogP contribution in [0.3, 0.4) is 0 Å². The van der Waals surface area contributed by atoms with E-state index in [0.29, 0.717) is 17.2 Å². The number of nitro benzene ring substituents is 1. The molecule has 224 valence electrons. The predicted octanol–water partition coefficient (Wildman–Crippen LogP) is 9.68. The van der Waals surface area contributed by atoms with E-state index in [4.69, 9.17) is 24.1 Å². The number of para-hydroxylation sites is 1. The number of halogens is 2. The summed E-state index contributed by atoms with van der Waals surface area (Å²) in [6.45, 7) is 20.2. The Kier molecular flexibility index (Phi) is 11.2. The molecule has 0 saturated carbocycles. The number of hydrogen-bond acceptors (Lipinski definition) is 4. The fourth-order valence-corrected chi connectivity index (χ4v) is 7.29. The van der Waals surface area contributed by atoms with Crippen LogP contribution in [-0.4, -0.2) is 21.2 Å². The minimum Gasteiger partial charge on any atom is -0.517 e. The minimum absolute atomic E-state index is 0.00360. The molecule has 1 fully saturated rings. The maximum absolute atomic E-state index is 10.7. The Morgan fingerprint density at radius 2 is 1.68 bits per heavy atom. The molecule has 41 heavy (non-hydrogen) atoms. The molecule has 0 spiro atoms. The second-order valence-corrected chi connectivity index (χ2v) is 17.6. The van der Waals surface area contributed by atoms with Crippen molar-refractivity contribution < 1.29 is 23.2 Å². The summed E-state index contributed by atoms with van der Waals surface area (Å²) in [6.07, 6.45) is 1.10. The Morgan fingerprint density at radius 1 is 1.02 bits per heavy atom. The molecule has 0 N–H and O–H groups in total. The van der Waals surface area contributed by atoms with Crippen molar-refractivity contribution in [2.75, 3.05) is 4.90 Å². The van der Waals surface area contributed by atoms with Crippen molar-refractivity contribution in [2.24, 2.45) is 0 Å². The van der Waals surface area contributed by atoms with Gasteiger partial charge in [0.2, 0.25) is 0 Å². The number of aryl methyl sites for hydroxylation is 1. The summed E-state index contributed by atoms with van der Waals surface area (Å²) < 4.78 is 7.17. The standard InChI is InChI=1S/C23H30N.C10H11NO3.2ClH.Ru/c1-17(2)20-14-10-11-18(3)21(20)24-16-23(6,15-22(24,4)5)19-12-8-7-9-13-19;1-7(2)14-10-5-4-9(11(12)13)6-8(10)3;;;/h7-14,16-17H,15H2,1-6H3;3-7H,1-2H3;2*1H;/q-1;;;;+2/p-2/t23-;;;;/m1..../s1. The summed E-state index contributed by atoms with van der Waals surface area (Å²) in [5.74, 6) is 1.08. The first-order valence-corrected chi connectivity index (χ1v) is 19.2. The Labute approximate surface area is 258 Å². The van der Waals surface area contributed by atoms with Crippen LogP contribution in [0.2, 0.25) is 0 Å². The second-order valence-electron chi connectivity index (χ2n) is 11.9. The molecular weight excluding hydrogens is 644 g/mol. The number of non-ortho nitro benzene ring substituents is 1. The van der Waals surface area contributed by atoms with Crippen molar-refractivity contribution in [1.82, 2.24) is 0 Å². The fourth-order valence-electron chi connectivity index (χ4n) is 5.50. The van der Waals surface area contributed by atoms with Gasteiger partial charge in [-0.1, -0.05) is 74.9 Å². The van der Waals surface area contributed by atoms with Gasteiger partial charge in [0.25, 0.3) is 0 Å². The van der Waals surface area contributed by atoms with Crippen LogP contribution in [0.15, 0.2) is 66.7 Å². The zero-order chi connectivity index (χ0) is 30.5. The SMILES string of the molecule is CC(C)Oc1ccc([N+](=O)[O-])cc1[CH]=[Ru]([Cl])[Cl].Cc1cccc(C(C)C)c1N1[CH-][C@](C)(c2ccccc2)CC1(C)C. The first kappa shape index (κ1) is 33.2. The van der Waals surface area contributed by atoms with E-state index in [2.05, 4.69) is 102 Å². The minimum atomic E-state index is -2.05. The summed E-state index contributed by atoms with van der Waals surface area (Å²) in [7, 11) is 11.6. The van der Waals surface area contributed by atoms with Gasteiger partial charge < -0.3 is 4.90 Å². The monoisotopic (exact) mass is 685 g/mol. The number of nitrogens with zero attached hydrogens (tertiary/aromatic N) is 2. The van der Waals surface area contributed by atoms with Crippen molar-refractivity contribution in [3.8, 4) is 5.75 Å². The first-order valence-electron chi connectivity index (χ1n) is 13.7. The molecule has 0 aliphatic carbocycles. The quantitative estimate of drug-likeness (QED) is 0.108. The van der Waals surface area contributed by atoms with Crippen LogP contribution in [0.5, 0.6) is 5.75 Å². The van der Waals surface area contributed by atoms with E-state index in [1.54, 1.807) is 10.7 Å². The van der Waals surface area contributed by atoms with Gasteiger partial charge in [-0.05, 0) is 44.2 Å². The van der Waals surface area contributed by atoms with Gasteiger partial charge in [0.15, 0.2) is 0 Å². The number of benzene rings is 3. The number of ether oxygens (including phenoxy) is 1. The predicted molar refractivity (Wildman–Crippen MR) is 170 cm³/mol. The van der Waals surface area contributed by atoms with Crippen molar-refractivity contribution in [3.63, 3.8) is 0 Å². The number of anilines is 1. The molecule has 0 radical (unpaired) electrons. The Hall–Kier alpha value is -2.27. The van der Waals surface area contributed by atoms with Gasteiger partial charge in [0.05, 0.1) is 0 Å². The van der Waals surface area contributed by atoms with Crippen LogP contribution >= 0.6 is 19.4 Å². The average Bonchev–Trinajstić information content (AvgIpc) is 3.14. The van der Waals surface area contributed by atoms with Crippen molar-refractivity contribution in [3.05, 3.63) is 106 Å². The van der Waals surface area contributed by atoms with Gasteiger partial charge in [-0.2, -0.15) is 0 Å². The molecule has 8 heteroatoms. The van der Waals surface area contributed by atoms with Crippen molar-refractivity contribution in [1.29, 1.82) is 0 Å². The molecule has 5 nitrogen and oxygen atoms in total. The molecule has 0 bridgehead atoms. The third-order valence-corrected chi connectivity index (χ3v) is 9.02. The third-order valence-electron chi connectivity index (χ3n) is 7.19. The maximum Gasteiger partial charge on any atom is 0.0140 e. The number of rotatable bonds is 7. The Morgan fingerprint density at radius 3 is 2.24 bits per heavy atom. The molecule has 1 saturated heterocycles. The van der Waals surface area contributed by atoms with Crippen molar-refractivity contribution in [2.45, 2.75) is 84.8 Å². The van der Waals surface area contributed by atoms with E-state index < -0.39 is 18.4 Å². The van der Waals surface area contributed by atoms with Gasteiger partial charge in [0, 0.05) is 11.2 Å². The van der Waals surface area contributed by atoms with Crippen molar-refractivity contribution >= 4 is 35.4 Å². The fraction of sp³-hybridized carbons (Fsp3) is 0.394. The van der Waals surface area contributed by atoms with E-state index >= 15 is 0 Å². The van der Waals surface area contributed by atoms with Gasteiger partial charge in [-0.25, -0.2) is 6.54 Å². The number of nitro groups is 1. The molecular formula is C33H41Cl2N2O3Ru-. The third kappa shape index (κ3) is 8.40. The molecule has 3 aromatic carbocycles.